The molecule has 3 heterocycles. The standard InChI is InChI=1S/C19H32N4O4/c1-14-11-15(21-27-14)12-23-8-5-19(6-9-23)17(25)18(2,7-10-26-19)20-16(24)13-22(3)4/h11,17,25H,5-10,12-13H2,1-4H3,(H,20,24)/t17-,18+/m1/s1. The molecule has 0 aliphatic carbocycles. The van der Waals surface area contributed by atoms with Gasteiger partial charge in [-0.1, -0.05) is 5.16 Å². The van der Waals surface area contributed by atoms with E-state index in [0.717, 1.165) is 43.9 Å². The van der Waals surface area contributed by atoms with Crippen molar-refractivity contribution in [1.29, 1.82) is 0 Å². The molecular formula is C19H32N4O4. The second-order valence-corrected chi connectivity index (χ2v) is 8.47. The first-order chi connectivity index (χ1) is 12.7. The normalized spacial score (nSPS) is 28.6. The second kappa shape index (κ2) is 7.87. The minimum absolute atomic E-state index is 0.0718. The van der Waals surface area contributed by atoms with Crippen molar-refractivity contribution >= 4 is 5.91 Å². The molecule has 1 amide bonds. The molecule has 3 rings (SSSR count). The van der Waals surface area contributed by atoms with Crippen LogP contribution < -0.4 is 5.32 Å². The molecule has 2 fully saturated rings. The van der Waals surface area contributed by atoms with E-state index >= 15 is 0 Å². The van der Waals surface area contributed by atoms with Crippen molar-refractivity contribution in [1.82, 2.24) is 20.3 Å². The first-order valence-corrected chi connectivity index (χ1v) is 9.65. The zero-order valence-corrected chi connectivity index (χ0v) is 16.8. The van der Waals surface area contributed by atoms with Crippen LogP contribution in [-0.2, 0) is 16.1 Å². The minimum atomic E-state index is -0.735. The van der Waals surface area contributed by atoms with Gasteiger partial charge in [0.15, 0.2) is 0 Å². The molecule has 1 spiro atoms. The highest BCUT2D eigenvalue weighted by atomic mass is 16.5. The molecule has 0 unspecified atom stereocenters. The Morgan fingerprint density at radius 2 is 2.11 bits per heavy atom. The van der Waals surface area contributed by atoms with Gasteiger partial charge in [0.1, 0.15) is 11.9 Å². The van der Waals surface area contributed by atoms with Crippen molar-refractivity contribution in [3.63, 3.8) is 0 Å². The van der Waals surface area contributed by atoms with E-state index in [0.29, 0.717) is 19.6 Å². The Hall–Kier alpha value is -1.48. The molecule has 27 heavy (non-hydrogen) atoms. The van der Waals surface area contributed by atoms with Gasteiger partial charge in [0, 0.05) is 32.3 Å². The van der Waals surface area contributed by atoms with Crippen LogP contribution in [-0.4, -0.2) is 83.6 Å². The molecule has 0 radical (unpaired) electrons. The average molecular weight is 380 g/mol. The van der Waals surface area contributed by atoms with Crippen molar-refractivity contribution in [3.05, 3.63) is 17.5 Å². The monoisotopic (exact) mass is 380 g/mol. The van der Waals surface area contributed by atoms with E-state index in [1.54, 1.807) is 0 Å². The van der Waals surface area contributed by atoms with E-state index in [1.165, 1.54) is 0 Å². The van der Waals surface area contributed by atoms with Gasteiger partial charge in [0.05, 0.1) is 23.4 Å². The van der Waals surface area contributed by atoms with Crippen molar-refractivity contribution < 1.29 is 19.2 Å². The van der Waals surface area contributed by atoms with Crippen LogP contribution in [0.25, 0.3) is 0 Å². The van der Waals surface area contributed by atoms with Gasteiger partial charge < -0.3 is 24.6 Å². The zero-order valence-electron chi connectivity index (χ0n) is 16.8. The molecule has 0 bridgehead atoms. The molecular weight excluding hydrogens is 348 g/mol. The van der Waals surface area contributed by atoms with Crippen molar-refractivity contribution in [3.8, 4) is 0 Å². The maximum Gasteiger partial charge on any atom is 0.234 e. The Balaban J connectivity index is 1.61. The predicted octanol–water partition coefficient (Wildman–Crippen LogP) is 0.535. The molecule has 0 saturated carbocycles. The van der Waals surface area contributed by atoms with Crippen LogP contribution >= 0.6 is 0 Å². The van der Waals surface area contributed by atoms with E-state index in [4.69, 9.17) is 9.26 Å². The highest BCUT2D eigenvalue weighted by molar-refractivity contribution is 5.78. The lowest BCUT2D eigenvalue weighted by Gasteiger charge is -2.53. The molecule has 2 saturated heterocycles. The summed E-state index contributed by atoms with van der Waals surface area (Å²) in [6, 6.07) is 1.95. The number of aliphatic hydroxyl groups is 1. The third kappa shape index (κ3) is 4.51. The van der Waals surface area contributed by atoms with Crippen molar-refractivity contribution in [2.24, 2.45) is 0 Å². The quantitative estimate of drug-likeness (QED) is 0.770. The van der Waals surface area contributed by atoms with Crippen LogP contribution in [0, 0.1) is 6.92 Å². The van der Waals surface area contributed by atoms with Gasteiger partial charge in [-0.2, -0.15) is 0 Å². The molecule has 2 atom stereocenters. The number of aryl methyl sites for hydroxylation is 1. The number of likely N-dealkylation sites (N-methyl/N-ethyl adjacent to an activating group) is 1. The molecule has 2 aliphatic rings. The van der Waals surface area contributed by atoms with Crippen molar-refractivity contribution in [2.45, 2.75) is 56.9 Å². The lowest BCUT2D eigenvalue weighted by molar-refractivity contribution is -0.208. The smallest absolute Gasteiger partial charge is 0.234 e. The number of amides is 1. The summed E-state index contributed by atoms with van der Waals surface area (Å²) in [6.07, 6.45) is 1.33. The molecule has 8 heteroatoms. The number of nitrogens with one attached hydrogen (secondary N) is 1. The van der Waals surface area contributed by atoms with E-state index in [-0.39, 0.29) is 5.91 Å². The van der Waals surface area contributed by atoms with Gasteiger partial charge in [-0.15, -0.1) is 0 Å². The Bertz CT molecular complexity index is 654. The van der Waals surface area contributed by atoms with Crippen LogP contribution in [0.5, 0.6) is 0 Å². The van der Waals surface area contributed by atoms with Gasteiger partial charge in [-0.25, -0.2) is 0 Å². The summed E-state index contributed by atoms with van der Waals surface area (Å²) in [5, 5.41) is 18.3. The Morgan fingerprint density at radius 1 is 1.41 bits per heavy atom. The van der Waals surface area contributed by atoms with Crippen LogP contribution in [0.1, 0.15) is 37.6 Å². The van der Waals surface area contributed by atoms with Gasteiger partial charge in [-0.3, -0.25) is 9.69 Å². The number of carbonyl (C=O) groups excluding carboxylic acids is 1. The average Bonchev–Trinajstić information content (AvgIpc) is 2.99. The zero-order chi connectivity index (χ0) is 19.7. The molecule has 2 aliphatic heterocycles. The summed E-state index contributed by atoms with van der Waals surface area (Å²) in [6.45, 7) is 7.02. The summed E-state index contributed by atoms with van der Waals surface area (Å²) < 4.78 is 11.2. The summed E-state index contributed by atoms with van der Waals surface area (Å²) in [5.74, 6) is 0.742. The minimum Gasteiger partial charge on any atom is -0.388 e. The van der Waals surface area contributed by atoms with Gasteiger partial charge in [-0.05, 0) is 47.2 Å². The summed E-state index contributed by atoms with van der Waals surface area (Å²) in [4.78, 5) is 16.4. The fourth-order valence-electron chi connectivity index (χ4n) is 4.27. The van der Waals surface area contributed by atoms with Gasteiger partial charge in [0.2, 0.25) is 5.91 Å². The molecule has 2 N–H and O–H groups in total. The maximum absolute atomic E-state index is 12.3. The maximum atomic E-state index is 12.3. The van der Waals surface area contributed by atoms with Crippen LogP contribution in [0.4, 0.5) is 0 Å². The van der Waals surface area contributed by atoms with Crippen LogP contribution in [0.3, 0.4) is 0 Å². The number of ether oxygens (including phenoxy) is 1. The van der Waals surface area contributed by atoms with Crippen LogP contribution in [0.2, 0.25) is 0 Å². The highest BCUT2D eigenvalue weighted by Gasteiger charge is 2.53. The first-order valence-electron chi connectivity index (χ1n) is 9.65. The third-order valence-corrected chi connectivity index (χ3v) is 5.76. The molecule has 8 nitrogen and oxygen atoms in total. The number of carbonyl (C=O) groups is 1. The molecule has 1 aromatic rings. The third-order valence-electron chi connectivity index (χ3n) is 5.76. The largest absolute Gasteiger partial charge is 0.388 e. The topological polar surface area (TPSA) is 91.1 Å². The highest BCUT2D eigenvalue weighted by Crippen LogP contribution is 2.40. The van der Waals surface area contributed by atoms with Gasteiger partial charge in [0.25, 0.3) is 0 Å². The number of rotatable bonds is 5. The molecule has 0 aromatic carbocycles. The van der Waals surface area contributed by atoms with Crippen LogP contribution in [0.15, 0.2) is 10.6 Å². The van der Waals surface area contributed by atoms with Gasteiger partial charge >= 0.3 is 0 Å². The number of likely N-dealkylation sites (tertiary alicyclic amines) is 1. The molecule has 1 aromatic heterocycles. The number of piperidine rings is 1. The predicted molar refractivity (Wildman–Crippen MR) is 100 cm³/mol. The number of hydrogen-bond acceptors (Lipinski definition) is 7. The summed E-state index contributed by atoms with van der Waals surface area (Å²) in [7, 11) is 3.71. The number of hydrogen-bond donors (Lipinski definition) is 2. The van der Waals surface area contributed by atoms with E-state index in [1.807, 2.05) is 38.9 Å². The number of aliphatic hydroxyl groups excluding tert-OH is 1. The van der Waals surface area contributed by atoms with E-state index in [2.05, 4.69) is 15.4 Å². The lowest BCUT2D eigenvalue weighted by atomic mass is 9.73. The summed E-state index contributed by atoms with van der Waals surface area (Å²) in [5.41, 5.74) is -0.347. The lowest BCUT2D eigenvalue weighted by Crippen LogP contribution is -2.69. The van der Waals surface area contributed by atoms with E-state index < -0.39 is 17.2 Å². The fraction of sp³-hybridized carbons (Fsp3) is 0.789. The summed E-state index contributed by atoms with van der Waals surface area (Å²) >= 11 is 0. The first kappa shape index (κ1) is 20.3. The van der Waals surface area contributed by atoms with Crippen molar-refractivity contribution in [2.75, 3.05) is 40.3 Å². The Kier molecular flexibility index (Phi) is 5.90. The fourth-order valence-corrected chi connectivity index (χ4v) is 4.27. The Labute approximate surface area is 160 Å². The second-order valence-electron chi connectivity index (χ2n) is 8.47. The molecule has 152 valence electrons. The van der Waals surface area contributed by atoms with E-state index in [9.17, 15) is 9.90 Å². The number of aromatic nitrogens is 1. The Morgan fingerprint density at radius 3 is 2.70 bits per heavy atom. The SMILES string of the molecule is Cc1cc(CN2CCC3(CC2)OCC[C@](C)(NC(=O)CN(C)C)[C@H]3O)no1. The number of nitrogens with zero attached hydrogens (tertiary/aromatic N) is 3.